The number of nitrogens with one attached hydrogen (secondary N) is 2. The molecular weight excluding hydrogens is 316 g/mol. The van der Waals surface area contributed by atoms with Crippen molar-refractivity contribution in [3.63, 3.8) is 0 Å². The first-order chi connectivity index (χ1) is 12.1. The Balaban J connectivity index is 1.56. The van der Waals surface area contributed by atoms with Crippen LogP contribution in [0.5, 0.6) is 5.75 Å². The molecule has 25 heavy (non-hydrogen) atoms. The fraction of sp³-hybridized carbons (Fsp3) is 0.250. The number of phenolic OH excluding ortho intramolecular Hbond substituents is 1. The Hall–Kier alpha value is -2.63. The molecule has 1 aliphatic carbocycles. The summed E-state index contributed by atoms with van der Waals surface area (Å²) in [4.78, 5) is 14.1. The maximum absolute atomic E-state index is 11.5. The predicted octanol–water partition coefficient (Wildman–Crippen LogP) is 2.54. The number of H-pyrrole nitrogens is 1. The third kappa shape index (κ3) is 2.92. The fourth-order valence-corrected chi connectivity index (χ4v) is 3.68. The summed E-state index contributed by atoms with van der Waals surface area (Å²) in [5.41, 5.74) is 3.42. The largest absolute Gasteiger partial charge is 0.506 e. The van der Waals surface area contributed by atoms with Crippen LogP contribution in [0.4, 0.5) is 0 Å². The first-order valence-corrected chi connectivity index (χ1v) is 8.47. The number of aromatic amines is 1. The minimum atomic E-state index is -0.734. The van der Waals surface area contributed by atoms with Gasteiger partial charge < -0.3 is 20.5 Å². The quantitative estimate of drug-likeness (QED) is 0.590. The number of pyridine rings is 1. The van der Waals surface area contributed by atoms with E-state index in [1.54, 1.807) is 12.1 Å². The van der Waals surface area contributed by atoms with Crippen LogP contribution in [0.3, 0.4) is 0 Å². The average Bonchev–Trinajstić information content (AvgIpc) is 3.04. The molecule has 0 amide bonds. The van der Waals surface area contributed by atoms with Gasteiger partial charge in [0.2, 0.25) is 5.56 Å². The molecule has 5 nitrogen and oxygen atoms in total. The Kier molecular flexibility index (Phi) is 4.03. The average molecular weight is 336 g/mol. The van der Waals surface area contributed by atoms with Gasteiger partial charge in [0.15, 0.2) is 0 Å². The fourth-order valence-electron chi connectivity index (χ4n) is 3.68. The van der Waals surface area contributed by atoms with Crippen LogP contribution in [-0.2, 0) is 6.42 Å². The normalized spacial score (nSPS) is 17.6. The Morgan fingerprint density at radius 3 is 2.88 bits per heavy atom. The number of benzene rings is 2. The molecule has 0 fully saturated rings. The van der Waals surface area contributed by atoms with Gasteiger partial charge in [-0.25, -0.2) is 0 Å². The van der Waals surface area contributed by atoms with Crippen LogP contribution in [0.1, 0.15) is 35.3 Å². The summed E-state index contributed by atoms with van der Waals surface area (Å²) in [6.45, 7) is 0.401. The van der Waals surface area contributed by atoms with Crippen molar-refractivity contribution in [3.05, 3.63) is 75.6 Å². The third-order valence-corrected chi connectivity index (χ3v) is 4.96. The van der Waals surface area contributed by atoms with E-state index in [2.05, 4.69) is 28.5 Å². The van der Waals surface area contributed by atoms with Crippen LogP contribution < -0.4 is 10.9 Å². The summed E-state index contributed by atoms with van der Waals surface area (Å²) in [5.74, 6) is 0.00123. The van der Waals surface area contributed by atoms with Crippen molar-refractivity contribution >= 4 is 10.9 Å². The summed E-state index contributed by atoms with van der Waals surface area (Å²) in [5, 5.41) is 24.7. The standard InChI is InChI=1S/C20H20N2O3/c23-17-9-6-14(15-7-10-19(25)22-20(15)17)18(24)11-21-16-8-5-12-3-1-2-4-13(12)16/h1-4,6-7,9-10,16,18,21,23-24H,5,8,11H2,(H,22,25). The molecule has 128 valence electrons. The zero-order valence-corrected chi connectivity index (χ0v) is 13.7. The van der Waals surface area contributed by atoms with Gasteiger partial charge in [0, 0.05) is 24.0 Å². The second-order valence-electron chi connectivity index (χ2n) is 6.50. The van der Waals surface area contributed by atoms with Crippen LogP contribution in [-0.4, -0.2) is 21.7 Å². The molecule has 5 heteroatoms. The van der Waals surface area contributed by atoms with E-state index >= 15 is 0 Å². The molecule has 4 rings (SSSR count). The van der Waals surface area contributed by atoms with Crippen molar-refractivity contribution in [2.75, 3.05) is 6.54 Å². The predicted molar refractivity (Wildman–Crippen MR) is 96.7 cm³/mol. The molecule has 3 aromatic rings. The summed E-state index contributed by atoms with van der Waals surface area (Å²) >= 11 is 0. The van der Waals surface area contributed by atoms with Crippen molar-refractivity contribution in [3.8, 4) is 5.75 Å². The Labute approximate surface area is 145 Å². The second kappa shape index (κ2) is 6.35. The van der Waals surface area contributed by atoms with Crippen molar-refractivity contribution in [2.45, 2.75) is 25.0 Å². The molecule has 1 heterocycles. The lowest BCUT2D eigenvalue weighted by Crippen LogP contribution is -2.25. The van der Waals surface area contributed by atoms with E-state index in [0.717, 1.165) is 12.8 Å². The van der Waals surface area contributed by atoms with E-state index in [9.17, 15) is 15.0 Å². The van der Waals surface area contributed by atoms with Crippen molar-refractivity contribution in [2.24, 2.45) is 0 Å². The highest BCUT2D eigenvalue weighted by Gasteiger charge is 2.23. The van der Waals surface area contributed by atoms with Crippen molar-refractivity contribution < 1.29 is 10.2 Å². The zero-order chi connectivity index (χ0) is 17.4. The van der Waals surface area contributed by atoms with E-state index in [1.165, 1.54) is 23.3 Å². The summed E-state index contributed by atoms with van der Waals surface area (Å²) < 4.78 is 0. The summed E-state index contributed by atoms with van der Waals surface area (Å²) in [7, 11) is 0. The van der Waals surface area contributed by atoms with E-state index in [1.807, 2.05) is 6.07 Å². The molecule has 2 atom stereocenters. The molecule has 4 N–H and O–H groups in total. The minimum absolute atomic E-state index is 0.00123. The van der Waals surface area contributed by atoms with E-state index in [4.69, 9.17) is 0 Å². The van der Waals surface area contributed by atoms with Crippen molar-refractivity contribution in [1.29, 1.82) is 0 Å². The van der Waals surface area contributed by atoms with Crippen LogP contribution in [0.25, 0.3) is 10.9 Å². The molecule has 2 unspecified atom stereocenters. The number of rotatable bonds is 4. The Morgan fingerprint density at radius 2 is 2.00 bits per heavy atom. The molecule has 0 bridgehead atoms. The SMILES string of the molecule is O=c1ccc2c(C(O)CNC3CCc4ccccc43)ccc(O)c2[nH]1. The van der Waals surface area contributed by atoms with Gasteiger partial charge >= 0.3 is 0 Å². The number of fused-ring (bicyclic) bond motifs is 2. The maximum atomic E-state index is 11.5. The van der Waals surface area contributed by atoms with Gasteiger partial charge in [-0.1, -0.05) is 30.3 Å². The van der Waals surface area contributed by atoms with E-state index < -0.39 is 6.10 Å². The molecular formula is C20H20N2O3. The Morgan fingerprint density at radius 1 is 1.16 bits per heavy atom. The van der Waals surface area contributed by atoms with Gasteiger partial charge in [-0.3, -0.25) is 4.79 Å². The van der Waals surface area contributed by atoms with Gasteiger partial charge in [-0.05, 0) is 41.7 Å². The number of hydrogen-bond donors (Lipinski definition) is 4. The highest BCUT2D eigenvalue weighted by molar-refractivity contribution is 5.87. The first kappa shape index (κ1) is 15.9. The summed E-state index contributed by atoms with van der Waals surface area (Å²) in [6.07, 6.45) is 1.34. The number of aliphatic hydroxyl groups excluding tert-OH is 1. The molecule has 0 radical (unpaired) electrons. The topological polar surface area (TPSA) is 85.3 Å². The lowest BCUT2D eigenvalue weighted by molar-refractivity contribution is 0.171. The highest BCUT2D eigenvalue weighted by atomic mass is 16.3. The van der Waals surface area contributed by atoms with Crippen molar-refractivity contribution in [1.82, 2.24) is 10.3 Å². The minimum Gasteiger partial charge on any atom is -0.506 e. The Bertz CT molecular complexity index is 980. The van der Waals surface area contributed by atoms with Crippen LogP contribution in [0.15, 0.2) is 53.3 Å². The van der Waals surface area contributed by atoms with E-state index in [-0.39, 0.29) is 17.4 Å². The second-order valence-corrected chi connectivity index (χ2v) is 6.50. The lowest BCUT2D eigenvalue weighted by Gasteiger charge is -2.19. The smallest absolute Gasteiger partial charge is 0.248 e. The van der Waals surface area contributed by atoms with Gasteiger partial charge in [-0.2, -0.15) is 0 Å². The molecule has 0 spiro atoms. The monoisotopic (exact) mass is 336 g/mol. The molecule has 0 aliphatic heterocycles. The number of aromatic nitrogens is 1. The van der Waals surface area contributed by atoms with Gasteiger partial charge in [0.25, 0.3) is 0 Å². The zero-order valence-electron chi connectivity index (χ0n) is 13.7. The number of phenols is 1. The van der Waals surface area contributed by atoms with Crippen LogP contribution >= 0.6 is 0 Å². The van der Waals surface area contributed by atoms with Gasteiger partial charge in [0.1, 0.15) is 5.75 Å². The molecule has 0 saturated carbocycles. The molecule has 0 saturated heterocycles. The molecule has 2 aromatic carbocycles. The maximum Gasteiger partial charge on any atom is 0.248 e. The summed E-state index contributed by atoms with van der Waals surface area (Å²) in [6, 6.07) is 14.9. The number of aliphatic hydroxyl groups is 1. The van der Waals surface area contributed by atoms with Crippen LogP contribution in [0, 0.1) is 0 Å². The van der Waals surface area contributed by atoms with Gasteiger partial charge in [-0.15, -0.1) is 0 Å². The number of aromatic hydroxyl groups is 1. The van der Waals surface area contributed by atoms with Gasteiger partial charge in [0.05, 0.1) is 11.6 Å². The van der Waals surface area contributed by atoms with Crippen LogP contribution in [0.2, 0.25) is 0 Å². The molecule has 1 aliphatic rings. The first-order valence-electron chi connectivity index (χ1n) is 8.47. The number of hydrogen-bond acceptors (Lipinski definition) is 4. The lowest BCUT2D eigenvalue weighted by atomic mass is 10.0. The third-order valence-electron chi connectivity index (χ3n) is 4.96. The van der Waals surface area contributed by atoms with E-state index in [0.29, 0.717) is 23.0 Å². The molecule has 1 aromatic heterocycles. The number of aryl methyl sites for hydroxylation is 1. The highest BCUT2D eigenvalue weighted by Crippen LogP contribution is 2.32.